The Hall–Kier alpha value is -2.68. The Labute approximate surface area is 169 Å². The Morgan fingerprint density at radius 1 is 1.34 bits per heavy atom. The molecule has 1 aliphatic heterocycles. The molecule has 0 atom stereocenters. The Morgan fingerprint density at radius 3 is 2.86 bits per heavy atom. The lowest BCUT2D eigenvalue weighted by Gasteiger charge is -2.27. The maximum Gasteiger partial charge on any atom is 0.328 e. The van der Waals surface area contributed by atoms with Crippen molar-refractivity contribution in [2.75, 3.05) is 18.6 Å². The molecule has 3 N–H and O–H groups in total. The highest BCUT2D eigenvalue weighted by Crippen LogP contribution is 2.19. The monoisotopic (exact) mass is 410 g/mol. The number of halogens is 2. The molecule has 1 aliphatic rings. The number of anilines is 1. The molecule has 3 amide bonds. The van der Waals surface area contributed by atoms with Crippen LogP contribution in [0.3, 0.4) is 0 Å². The van der Waals surface area contributed by atoms with Crippen molar-refractivity contribution in [3.8, 4) is 5.75 Å². The fourth-order valence-electron chi connectivity index (χ4n) is 2.71. The standard InChI is InChI=1S/C20H28F2N4O3/c1-20(2,10-4-3-5-11-26-12-9-18(27)23-19(26)28)25-24-15-7-6-8-16(13-15)29-14-17(21)22/h5-8,11,13,17,24-25H,3-4,9-10,12,14H2,1-2H3,(H,23,27,28)/b11-5+. The number of nitrogens with one attached hydrogen (secondary N) is 3. The molecule has 29 heavy (non-hydrogen) atoms. The lowest BCUT2D eigenvalue weighted by molar-refractivity contribution is -0.121. The third-order valence-electron chi connectivity index (χ3n) is 4.30. The molecule has 9 heteroatoms. The number of amides is 3. The number of nitrogens with zero attached hydrogens (tertiary/aromatic N) is 1. The van der Waals surface area contributed by atoms with E-state index in [0.717, 1.165) is 24.9 Å². The first-order valence-electron chi connectivity index (χ1n) is 9.56. The molecule has 1 aromatic rings. The summed E-state index contributed by atoms with van der Waals surface area (Å²) in [5.74, 6) is 0.134. The predicted octanol–water partition coefficient (Wildman–Crippen LogP) is 3.65. The van der Waals surface area contributed by atoms with Gasteiger partial charge < -0.3 is 15.1 Å². The largest absolute Gasteiger partial charge is 0.488 e. The summed E-state index contributed by atoms with van der Waals surface area (Å²) in [6.45, 7) is 3.86. The number of allylic oxidation sites excluding steroid dienone is 1. The van der Waals surface area contributed by atoms with Crippen molar-refractivity contribution in [3.63, 3.8) is 0 Å². The van der Waals surface area contributed by atoms with Gasteiger partial charge in [-0.3, -0.25) is 10.1 Å². The van der Waals surface area contributed by atoms with Crippen LogP contribution in [0.1, 0.15) is 39.5 Å². The van der Waals surface area contributed by atoms with Gasteiger partial charge in [0, 0.05) is 30.8 Å². The number of ether oxygens (including phenoxy) is 1. The number of alkyl halides is 2. The second-order valence-corrected chi connectivity index (χ2v) is 7.44. The highest BCUT2D eigenvalue weighted by molar-refractivity contribution is 5.97. The number of hydrazine groups is 1. The molecular weight excluding hydrogens is 382 g/mol. The van der Waals surface area contributed by atoms with Crippen molar-refractivity contribution in [1.82, 2.24) is 15.6 Å². The van der Waals surface area contributed by atoms with Crippen LogP contribution in [0.15, 0.2) is 36.5 Å². The fraction of sp³-hybridized carbons (Fsp3) is 0.500. The van der Waals surface area contributed by atoms with Gasteiger partial charge in [-0.15, -0.1) is 0 Å². The summed E-state index contributed by atoms with van der Waals surface area (Å²) >= 11 is 0. The molecule has 0 unspecified atom stereocenters. The third kappa shape index (κ3) is 8.47. The topological polar surface area (TPSA) is 82.7 Å². The van der Waals surface area contributed by atoms with Crippen LogP contribution in [0, 0.1) is 0 Å². The van der Waals surface area contributed by atoms with E-state index in [1.807, 2.05) is 26.0 Å². The molecule has 0 bridgehead atoms. The Balaban J connectivity index is 1.70. The molecule has 0 saturated carbocycles. The van der Waals surface area contributed by atoms with Crippen LogP contribution in [0.2, 0.25) is 0 Å². The van der Waals surface area contributed by atoms with E-state index in [2.05, 4.69) is 16.2 Å². The van der Waals surface area contributed by atoms with Crippen molar-refractivity contribution in [2.45, 2.75) is 51.5 Å². The number of imide groups is 1. The minimum Gasteiger partial charge on any atom is -0.488 e. The van der Waals surface area contributed by atoms with Crippen LogP contribution in [0.4, 0.5) is 19.3 Å². The molecule has 1 heterocycles. The molecule has 1 saturated heterocycles. The van der Waals surface area contributed by atoms with Gasteiger partial charge in [0.2, 0.25) is 5.91 Å². The zero-order chi connectivity index (χ0) is 21.3. The van der Waals surface area contributed by atoms with E-state index in [1.54, 1.807) is 24.4 Å². The van der Waals surface area contributed by atoms with E-state index in [0.29, 0.717) is 18.7 Å². The molecule has 1 aromatic carbocycles. The van der Waals surface area contributed by atoms with Gasteiger partial charge in [-0.2, -0.15) is 0 Å². The molecule has 0 aliphatic carbocycles. The normalized spacial score (nSPS) is 15.1. The van der Waals surface area contributed by atoms with Crippen LogP contribution >= 0.6 is 0 Å². The van der Waals surface area contributed by atoms with Crippen molar-refractivity contribution >= 4 is 17.6 Å². The highest BCUT2D eigenvalue weighted by Gasteiger charge is 2.20. The maximum absolute atomic E-state index is 12.2. The molecule has 1 fully saturated rings. The minimum atomic E-state index is -2.51. The van der Waals surface area contributed by atoms with Crippen molar-refractivity contribution < 1.29 is 23.1 Å². The summed E-state index contributed by atoms with van der Waals surface area (Å²) in [5.41, 5.74) is 6.81. The number of carbonyl (C=O) groups excluding carboxylic acids is 2. The van der Waals surface area contributed by atoms with Crippen molar-refractivity contribution in [3.05, 3.63) is 36.5 Å². The van der Waals surface area contributed by atoms with E-state index in [9.17, 15) is 18.4 Å². The second kappa shape index (κ2) is 10.8. The summed E-state index contributed by atoms with van der Waals surface area (Å²) in [5, 5.41) is 2.28. The van der Waals surface area contributed by atoms with Gasteiger partial charge in [0.05, 0.1) is 5.69 Å². The Bertz CT molecular complexity index is 725. The van der Waals surface area contributed by atoms with Crippen LogP contribution in [0.25, 0.3) is 0 Å². The van der Waals surface area contributed by atoms with Crippen LogP contribution < -0.4 is 20.9 Å². The number of carbonyl (C=O) groups is 2. The van der Waals surface area contributed by atoms with Gasteiger partial charge in [-0.05, 0) is 45.2 Å². The zero-order valence-corrected chi connectivity index (χ0v) is 16.7. The summed E-state index contributed by atoms with van der Waals surface area (Å²) in [4.78, 5) is 24.2. The minimum absolute atomic E-state index is 0.220. The number of benzene rings is 1. The van der Waals surface area contributed by atoms with E-state index in [4.69, 9.17) is 4.74 Å². The van der Waals surface area contributed by atoms with Gasteiger partial charge >= 0.3 is 6.03 Å². The maximum atomic E-state index is 12.2. The third-order valence-corrected chi connectivity index (χ3v) is 4.30. The van der Waals surface area contributed by atoms with Gasteiger partial charge in [-0.25, -0.2) is 19.0 Å². The molecule has 0 aromatic heterocycles. The average molecular weight is 410 g/mol. The van der Waals surface area contributed by atoms with Crippen LogP contribution in [0.5, 0.6) is 5.75 Å². The summed E-state index contributed by atoms with van der Waals surface area (Å²) in [7, 11) is 0. The van der Waals surface area contributed by atoms with Gasteiger partial charge in [0.1, 0.15) is 12.4 Å². The summed E-state index contributed by atoms with van der Waals surface area (Å²) < 4.78 is 29.5. The quantitative estimate of drug-likeness (QED) is 0.383. The number of rotatable bonds is 11. The molecule has 0 spiro atoms. The smallest absolute Gasteiger partial charge is 0.328 e. The lowest BCUT2D eigenvalue weighted by Crippen LogP contribution is -2.46. The molecular formula is C20H28F2N4O3. The molecule has 160 valence electrons. The number of unbranched alkanes of at least 4 members (excludes halogenated alkanes) is 1. The first-order chi connectivity index (χ1) is 13.7. The van der Waals surface area contributed by atoms with E-state index >= 15 is 0 Å². The van der Waals surface area contributed by atoms with Crippen LogP contribution in [-0.4, -0.2) is 42.0 Å². The van der Waals surface area contributed by atoms with Gasteiger partial charge in [0.15, 0.2) is 0 Å². The summed E-state index contributed by atoms with van der Waals surface area (Å²) in [6.07, 6.45) is 3.98. The zero-order valence-electron chi connectivity index (χ0n) is 16.7. The SMILES string of the molecule is CC(C)(CCC/C=C/N1CCC(=O)NC1=O)NNc1cccc(OCC(F)F)c1. The van der Waals surface area contributed by atoms with Gasteiger partial charge in [0.25, 0.3) is 6.43 Å². The highest BCUT2D eigenvalue weighted by atomic mass is 19.3. The van der Waals surface area contributed by atoms with Crippen molar-refractivity contribution in [1.29, 1.82) is 0 Å². The molecule has 7 nitrogen and oxygen atoms in total. The second-order valence-electron chi connectivity index (χ2n) is 7.44. The first kappa shape index (κ1) is 22.6. The van der Waals surface area contributed by atoms with Crippen molar-refractivity contribution in [2.24, 2.45) is 0 Å². The Morgan fingerprint density at radius 2 is 2.14 bits per heavy atom. The molecule has 2 rings (SSSR count). The van der Waals surface area contributed by atoms with Gasteiger partial charge in [-0.1, -0.05) is 12.1 Å². The lowest BCUT2D eigenvalue weighted by atomic mass is 9.98. The first-order valence-corrected chi connectivity index (χ1v) is 9.56. The fourth-order valence-corrected chi connectivity index (χ4v) is 2.71. The van der Waals surface area contributed by atoms with Crippen LogP contribution in [-0.2, 0) is 4.79 Å². The average Bonchev–Trinajstić information content (AvgIpc) is 2.66. The predicted molar refractivity (Wildman–Crippen MR) is 107 cm³/mol. The van der Waals surface area contributed by atoms with E-state index in [1.165, 1.54) is 4.90 Å². The van der Waals surface area contributed by atoms with E-state index < -0.39 is 13.0 Å². The molecule has 0 radical (unpaired) electrons. The summed E-state index contributed by atoms with van der Waals surface area (Å²) in [6, 6.07) is 6.44. The Kier molecular flexibility index (Phi) is 8.38. The van der Waals surface area contributed by atoms with E-state index in [-0.39, 0.29) is 17.5 Å². The number of hydrogen-bond donors (Lipinski definition) is 3. The number of urea groups is 1. The number of hydrogen-bond acceptors (Lipinski definition) is 5.